The van der Waals surface area contributed by atoms with E-state index < -0.39 is 5.60 Å². The molecule has 94 valence electrons. The number of hydrogen-bond donors (Lipinski definition) is 0. The number of benzene rings is 1. The van der Waals surface area contributed by atoms with Gasteiger partial charge in [-0.05, 0) is 60.7 Å². The molecule has 4 heteroatoms. The Hall–Kier alpha value is -1.30. The maximum absolute atomic E-state index is 11.3. The van der Waals surface area contributed by atoms with Crippen LogP contribution in [0.3, 0.4) is 0 Å². The zero-order valence-electron chi connectivity index (χ0n) is 10.2. The monoisotopic (exact) mass is 356 g/mol. The summed E-state index contributed by atoms with van der Waals surface area (Å²) in [6.07, 6.45) is 1.73. The highest BCUT2D eigenvalue weighted by Crippen LogP contribution is 2.31. The third-order valence-electron chi connectivity index (χ3n) is 2.56. The van der Waals surface area contributed by atoms with E-state index in [9.17, 15) is 4.79 Å². The molecule has 0 aliphatic carbocycles. The highest BCUT2D eigenvalue weighted by atomic mass is 127. The SMILES string of the molecule is C=CC(C)(C)Oc1ccc2ccc(=O)oc2c1I. The van der Waals surface area contributed by atoms with Crippen LogP contribution >= 0.6 is 22.6 Å². The van der Waals surface area contributed by atoms with Gasteiger partial charge in [-0.3, -0.25) is 0 Å². The number of hydrogen-bond acceptors (Lipinski definition) is 3. The van der Waals surface area contributed by atoms with Gasteiger partial charge in [-0.25, -0.2) is 4.79 Å². The second-order valence-corrected chi connectivity index (χ2v) is 5.54. The summed E-state index contributed by atoms with van der Waals surface area (Å²) in [6, 6.07) is 6.89. The van der Waals surface area contributed by atoms with Crippen molar-refractivity contribution in [1.82, 2.24) is 0 Å². The number of ether oxygens (including phenoxy) is 1. The zero-order chi connectivity index (χ0) is 13.3. The van der Waals surface area contributed by atoms with Gasteiger partial charge in [0, 0.05) is 11.5 Å². The van der Waals surface area contributed by atoms with Gasteiger partial charge in [-0.15, -0.1) is 0 Å². The third kappa shape index (κ3) is 2.58. The average Bonchev–Trinajstić information content (AvgIpc) is 2.33. The second-order valence-electron chi connectivity index (χ2n) is 4.46. The Morgan fingerprint density at radius 2 is 2.00 bits per heavy atom. The zero-order valence-corrected chi connectivity index (χ0v) is 12.4. The van der Waals surface area contributed by atoms with Crippen molar-refractivity contribution in [2.24, 2.45) is 0 Å². The van der Waals surface area contributed by atoms with Crippen LogP contribution in [0.4, 0.5) is 0 Å². The van der Waals surface area contributed by atoms with E-state index in [1.54, 1.807) is 12.1 Å². The number of halogens is 1. The van der Waals surface area contributed by atoms with Crippen molar-refractivity contribution >= 4 is 33.6 Å². The van der Waals surface area contributed by atoms with Crippen molar-refractivity contribution in [3.8, 4) is 5.75 Å². The topological polar surface area (TPSA) is 39.4 Å². The molecule has 0 aliphatic rings. The predicted octanol–water partition coefficient (Wildman–Crippen LogP) is 3.74. The quantitative estimate of drug-likeness (QED) is 0.478. The predicted molar refractivity (Wildman–Crippen MR) is 80.1 cm³/mol. The van der Waals surface area contributed by atoms with Gasteiger partial charge in [0.05, 0.1) is 3.57 Å². The smallest absolute Gasteiger partial charge is 0.336 e. The lowest BCUT2D eigenvalue weighted by Crippen LogP contribution is -2.25. The average molecular weight is 356 g/mol. The lowest BCUT2D eigenvalue weighted by molar-refractivity contribution is 0.161. The molecule has 2 aromatic rings. The maximum Gasteiger partial charge on any atom is 0.336 e. The Bertz CT molecular complexity index is 656. The molecule has 0 fully saturated rings. The van der Waals surface area contributed by atoms with E-state index in [0.29, 0.717) is 11.3 Å². The molecule has 0 atom stereocenters. The Balaban J connectivity index is 2.57. The largest absolute Gasteiger partial charge is 0.483 e. The van der Waals surface area contributed by atoms with Crippen molar-refractivity contribution in [2.75, 3.05) is 0 Å². The Kier molecular flexibility index (Phi) is 3.47. The molecule has 1 aromatic carbocycles. The van der Waals surface area contributed by atoms with E-state index in [0.717, 1.165) is 8.96 Å². The molecule has 18 heavy (non-hydrogen) atoms. The molecule has 2 rings (SSSR count). The molecule has 1 aromatic heterocycles. The van der Waals surface area contributed by atoms with Gasteiger partial charge in [-0.1, -0.05) is 6.58 Å². The van der Waals surface area contributed by atoms with Gasteiger partial charge < -0.3 is 9.15 Å². The normalized spacial score (nSPS) is 11.5. The van der Waals surface area contributed by atoms with Crippen molar-refractivity contribution in [3.63, 3.8) is 0 Å². The second kappa shape index (κ2) is 4.76. The Morgan fingerprint density at radius 1 is 1.33 bits per heavy atom. The van der Waals surface area contributed by atoms with Crippen molar-refractivity contribution in [1.29, 1.82) is 0 Å². The molecule has 0 unspecified atom stereocenters. The molecule has 0 amide bonds. The molecule has 0 saturated carbocycles. The van der Waals surface area contributed by atoms with Gasteiger partial charge >= 0.3 is 5.63 Å². The van der Waals surface area contributed by atoms with Gasteiger partial charge in [0.2, 0.25) is 0 Å². The lowest BCUT2D eigenvalue weighted by atomic mass is 10.1. The summed E-state index contributed by atoms with van der Waals surface area (Å²) in [5.74, 6) is 0.683. The van der Waals surface area contributed by atoms with Crippen LogP contribution < -0.4 is 10.4 Å². The van der Waals surface area contributed by atoms with Crippen LogP contribution in [0.2, 0.25) is 0 Å². The van der Waals surface area contributed by atoms with E-state index in [1.807, 2.05) is 26.0 Å². The van der Waals surface area contributed by atoms with Crippen molar-refractivity contribution in [2.45, 2.75) is 19.4 Å². The van der Waals surface area contributed by atoms with E-state index in [1.165, 1.54) is 6.07 Å². The van der Waals surface area contributed by atoms with Crippen LogP contribution in [0.15, 0.2) is 46.1 Å². The fourth-order valence-corrected chi connectivity index (χ4v) is 2.20. The van der Waals surface area contributed by atoms with Gasteiger partial charge in [0.25, 0.3) is 0 Å². The summed E-state index contributed by atoms with van der Waals surface area (Å²) in [6.45, 7) is 7.57. The summed E-state index contributed by atoms with van der Waals surface area (Å²) >= 11 is 2.12. The van der Waals surface area contributed by atoms with Crippen LogP contribution in [-0.2, 0) is 0 Å². The third-order valence-corrected chi connectivity index (χ3v) is 3.58. The van der Waals surface area contributed by atoms with Gasteiger partial charge in [0.15, 0.2) is 5.58 Å². The standard InChI is InChI=1S/C14H13IO3/c1-4-14(2,3)18-10-7-5-9-6-8-11(16)17-13(9)12(10)15/h4-8H,1H2,2-3H3. The molecule has 1 heterocycles. The molecular formula is C14H13IO3. The Morgan fingerprint density at radius 3 is 2.67 bits per heavy atom. The van der Waals surface area contributed by atoms with E-state index in [2.05, 4.69) is 29.2 Å². The van der Waals surface area contributed by atoms with Crippen molar-refractivity contribution in [3.05, 3.63) is 50.9 Å². The molecular weight excluding hydrogens is 343 g/mol. The number of rotatable bonds is 3. The summed E-state index contributed by atoms with van der Waals surface area (Å²) in [4.78, 5) is 11.3. The summed E-state index contributed by atoms with van der Waals surface area (Å²) in [5, 5.41) is 0.878. The van der Waals surface area contributed by atoms with E-state index in [4.69, 9.17) is 9.15 Å². The first-order chi connectivity index (χ1) is 8.43. The molecule has 0 aliphatic heterocycles. The van der Waals surface area contributed by atoms with Crippen molar-refractivity contribution < 1.29 is 9.15 Å². The summed E-state index contributed by atoms with van der Waals surface area (Å²) < 4.78 is 11.8. The minimum absolute atomic E-state index is 0.361. The first-order valence-electron chi connectivity index (χ1n) is 5.48. The molecule has 0 N–H and O–H groups in total. The fraction of sp³-hybridized carbons (Fsp3) is 0.214. The van der Waals surface area contributed by atoms with Crippen LogP contribution in [-0.4, -0.2) is 5.60 Å². The van der Waals surface area contributed by atoms with E-state index >= 15 is 0 Å². The fourth-order valence-electron chi connectivity index (χ4n) is 1.48. The number of fused-ring (bicyclic) bond motifs is 1. The first kappa shape index (κ1) is 13.1. The highest BCUT2D eigenvalue weighted by Gasteiger charge is 2.18. The van der Waals surface area contributed by atoms with Gasteiger partial charge in [0.1, 0.15) is 11.4 Å². The molecule has 0 bridgehead atoms. The lowest BCUT2D eigenvalue weighted by Gasteiger charge is -2.23. The Labute approximate surface area is 119 Å². The van der Waals surface area contributed by atoms with Crippen LogP contribution in [0.5, 0.6) is 5.75 Å². The van der Waals surface area contributed by atoms with E-state index in [-0.39, 0.29) is 5.63 Å². The van der Waals surface area contributed by atoms with Crippen LogP contribution in [0, 0.1) is 3.57 Å². The minimum Gasteiger partial charge on any atom is -0.483 e. The molecule has 0 spiro atoms. The van der Waals surface area contributed by atoms with Gasteiger partial charge in [-0.2, -0.15) is 0 Å². The maximum atomic E-state index is 11.3. The molecule has 0 radical (unpaired) electrons. The van der Waals surface area contributed by atoms with Crippen LogP contribution in [0.1, 0.15) is 13.8 Å². The summed E-state index contributed by atoms with van der Waals surface area (Å²) in [5.41, 5.74) is -0.274. The highest BCUT2D eigenvalue weighted by molar-refractivity contribution is 14.1. The molecule has 3 nitrogen and oxygen atoms in total. The molecule has 0 saturated heterocycles. The first-order valence-corrected chi connectivity index (χ1v) is 6.56. The summed E-state index contributed by atoms with van der Waals surface area (Å²) in [7, 11) is 0. The minimum atomic E-state index is -0.470. The van der Waals surface area contributed by atoms with Crippen LogP contribution in [0.25, 0.3) is 11.0 Å².